The second-order valence-electron chi connectivity index (χ2n) is 4.30. The first kappa shape index (κ1) is 11.5. The number of anilines is 1. The Kier molecular flexibility index (Phi) is 3.02. The molecule has 2 heterocycles. The molecule has 2 aromatic heterocycles. The lowest BCUT2D eigenvalue weighted by atomic mass is 10.2. The van der Waals surface area contributed by atoms with Crippen LogP contribution in [0.5, 0.6) is 0 Å². The summed E-state index contributed by atoms with van der Waals surface area (Å²) in [5.74, 6) is 0.732. The zero-order valence-corrected chi connectivity index (χ0v) is 10.3. The second kappa shape index (κ2) is 4.97. The number of fused-ring (bicyclic) bond motifs is 1. The predicted molar refractivity (Wildman–Crippen MR) is 75.3 cm³/mol. The van der Waals surface area contributed by atoms with E-state index < -0.39 is 0 Å². The molecule has 0 aliphatic rings. The number of pyridine rings is 1. The molecule has 0 spiro atoms. The van der Waals surface area contributed by atoms with Gasteiger partial charge in [-0.15, -0.1) is 0 Å². The molecule has 0 fully saturated rings. The molecular formula is C14H14N4O. The van der Waals surface area contributed by atoms with Crippen molar-refractivity contribution in [3.05, 3.63) is 59.1 Å². The van der Waals surface area contributed by atoms with Crippen LogP contribution in [-0.2, 0) is 6.54 Å². The van der Waals surface area contributed by atoms with Crippen LogP contribution in [0.15, 0.2) is 53.6 Å². The molecule has 5 nitrogen and oxygen atoms in total. The summed E-state index contributed by atoms with van der Waals surface area (Å²) < 4.78 is 1.84. The number of aromatic amines is 1. The molecule has 0 saturated carbocycles. The largest absolute Gasteiger partial charge is 0.370 e. The highest BCUT2D eigenvalue weighted by Gasteiger charge is 2.00. The normalized spacial score (nSPS) is 10.7. The molecule has 0 radical (unpaired) electrons. The summed E-state index contributed by atoms with van der Waals surface area (Å²) in [6.45, 7) is 1.46. The zero-order chi connectivity index (χ0) is 13.1. The summed E-state index contributed by atoms with van der Waals surface area (Å²) in [7, 11) is 0. The topological polar surface area (TPSA) is 62.7 Å². The first-order chi connectivity index (χ1) is 9.33. The van der Waals surface area contributed by atoms with Gasteiger partial charge in [0.05, 0.1) is 6.54 Å². The monoisotopic (exact) mass is 254 g/mol. The first-order valence-corrected chi connectivity index (χ1v) is 6.16. The van der Waals surface area contributed by atoms with Crippen LogP contribution in [0, 0.1) is 0 Å². The lowest BCUT2D eigenvalue weighted by Crippen LogP contribution is -2.15. The highest BCUT2D eigenvalue weighted by molar-refractivity contribution is 5.83. The van der Waals surface area contributed by atoms with Crippen molar-refractivity contribution in [1.82, 2.24) is 14.8 Å². The maximum Gasteiger partial charge on any atom is 0.257 e. The average Bonchev–Trinajstić information content (AvgIpc) is 2.92. The minimum atomic E-state index is -0.0697. The van der Waals surface area contributed by atoms with Crippen molar-refractivity contribution >= 4 is 16.6 Å². The molecule has 5 heteroatoms. The van der Waals surface area contributed by atoms with Crippen molar-refractivity contribution in [3.63, 3.8) is 0 Å². The molecule has 3 aromatic rings. The Morgan fingerprint density at radius 1 is 1.26 bits per heavy atom. The van der Waals surface area contributed by atoms with Gasteiger partial charge in [0.2, 0.25) is 0 Å². The number of nitrogens with zero attached hydrogens (tertiary/aromatic N) is 2. The van der Waals surface area contributed by atoms with Gasteiger partial charge in [-0.25, -0.2) is 0 Å². The number of aromatic nitrogens is 3. The minimum Gasteiger partial charge on any atom is -0.370 e. The maximum absolute atomic E-state index is 11.9. The van der Waals surface area contributed by atoms with E-state index in [1.54, 1.807) is 6.20 Å². The molecule has 1 aromatic carbocycles. The van der Waals surface area contributed by atoms with Gasteiger partial charge in [-0.1, -0.05) is 18.2 Å². The van der Waals surface area contributed by atoms with Crippen LogP contribution in [0.4, 0.5) is 5.82 Å². The van der Waals surface area contributed by atoms with Crippen molar-refractivity contribution in [2.24, 2.45) is 0 Å². The molecule has 2 N–H and O–H groups in total. The van der Waals surface area contributed by atoms with Crippen LogP contribution in [0.1, 0.15) is 0 Å². The van der Waals surface area contributed by atoms with E-state index in [0.717, 1.165) is 17.7 Å². The SMILES string of the molecule is O=c1[nH]c(NCCn2cccn2)cc2ccccc12. The zero-order valence-electron chi connectivity index (χ0n) is 10.3. The van der Waals surface area contributed by atoms with Gasteiger partial charge in [0.15, 0.2) is 0 Å². The molecule has 0 aliphatic heterocycles. The van der Waals surface area contributed by atoms with Crippen molar-refractivity contribution < 1.29 is 0 Å². The average molecular weight is 254 g/mol. The Morgan fingerprint density at radius 3 is 3.00 bits per heavy atom. The highest BCUT2D eigenvalue weighted by Crippen LogP contribution is 2.12. The molecule has 3 rings (SSSR count). The van der Waals surface area contributed by atoms with Crippen LogP contribution >= 0.6 is 0 Å². The number of benzene rings is 1. The van der Waals surface area contributed by atoms with Gasteiger partial charge < -0.3 is 10.3 Å². The fraction of sp³-hybridized carbons (Fsp3) is 0.143. The highest BCUT2D eigenvalue weighted by atomic mass is 16.1. The van der Waals surface area contributed by atoms with Crippen LogP contribution < -0.4 is 10.9 Å². The third-order valence-corrected chi connectivity index (χ3v) is 2.97. The van der Waals surface area contributed by atoms with Gasteiger partial charge in [-0.05, 0) is 23.6 Å². The molecular weight excluding hydrogens is 240 g/mol. The van der Waals surface area contributed by atoms with E-state index in [4.69, 9.17) is 0 Å². The van der Waals surface area contributed by atoms with E-state index in [0.29, 0.717) is 11.9 Å². The van der Waals surface area contributed by atoms with Crippen molar-refractivity contribution in [2.75, 3.05) is 11.9 Å². The molecule has 0 aliphatic carbocycles. The molecule has 96 valence electrons. The summed E-state index contributed by atoms with van der Waals surface area (Å²) in [6, 6.07) is 11.4. The first-order valence-electron chi connectivity index (χ1n) is 6.16. The Labute approximate surface area is 109 Å². The Morgan fingerprint density at radius 2 is 2.16 bits per heavy atom. The van der Waals surface area contributed by atoms with Crippen molar-refractivity contribution in [1.29, 1.82) is 0 Å². The standard InChI is InChI=1S/C14H14N4O/c19-14-12-5-2-1-4-11(12)10-13(17-14)15-7-9-18-8-3-6-16-18/h1-6,8,10H,7,9H2,(H2,15,17,19). The number of nitrogens with one attached hydrogen (secondary N) is 2. The smallest absolute Gasteiger partial charge is 0.257 e. The number of hydrogen-bond acceptors (Lipinski definition) is 3. The Bertz CT molecular complexity index is 731. The lowest BCUT2D eigenvalue weighted by molar-refractivity contribution is 0.637. The van der Waals surface area contributed by atoms with Crippen molar-refractivity contribution in [2.45, 2.75) is 6.54 Å². The van der Waals surface area contributed by atoms with Crippen molar-refractivity contribution in [3.8, 4) is 0 Å². The van der Waals surface area contributed by atoms with E-state index >= 15 is 0 Å². The summed E-state index contributed by atoms with van der Waals surface area (Å²) >= 11 is 0. The number of H-pyrrole nitrogens is 1. The van der Waals surface area contributed by atoms with E-state index in [9.17, 15) is 4.79 Å². The Balaban J connectivity index is 1.76. The fourth-order valence-electron chi connectivity index (χ4n) is 2.04. The van der Waals surface area contributed by atoms with E-state index in [-0.39, 0.29) is 5.56 Å². The fourth-order valence-corrected chi connectivity index (χ4v) is 2.04. The minimum absolute atomic E-state index is 0.0697. The van der Waals surface area contributed by atoms with Crippen LogP contribution in [-0.4, -0.2) is 21.3 Å². The summed E-state index contributed by atoms with van der Waals surface area (Å²) in [5.41, 5.74) is -0.0697. The molecule has 0 amide bonds. The van der Waals surface area contributed by atoms with E-state index in [2.05, 4.69) is 15.4 Å². The second-order valence-corrected chi connectivity index (χ2v) is 4.30. The van der Waals surface area contributed by atoms with E-state index in [1.807, 2.05) is 47.3 Å². The summed E-state index contributed by atoms with van der Waals surface area (Å²) in [4.78, 5) is 14.7. The number of rotatable bonds is 4. The summed E-state index contributed by atoms with van der Waals surface area (Å²) in [6.07, 6.45) is 3.66. The van der Waals surface area contributed by atoms with E-state index in [1.165, 1.54) is 0 Å². The van der Waals surface area contributed by atoms with Gasteiger partial charge in [0.1, 0.15) is 5.82 Å². The van der Waals surface area contributed by atoms with Crippen LogP contribution in [0.3, 0.4) is 0 Å². The van der Waals surface area contributed by atoms with Crippen LogP contribution in [0.25, 0.3) is 10.8 Å². The Hall–Kier alpha value is -2.56. The molecule has 0 atom stereocenters. The lowest BCUT2D eigenvalue weighted by Gasteiger charge is -2.07. The molecule has 19 heavy (non-hydrogen) atoms. The molecule has 0 saturated heterocycles. The van der Waals surface area contributed by atoms with Gasteiger partial charge in [0, 0.05) is 24.3 Å². The number of hydrogen-bond donors (Lipinski definition) is 2. The van der Waals surface area contributed by atoms with Gasteiger partial charge in [0.25, 0.3) is 5.56 Å². The maximum atomic E-state index is 11.9. The van der Waals surface area contributed by atoms with Crippen LogP contribution in [0.2, 0.25) is 0 Å². The predicted octanol–water partition coefficient (Wildman–Crippen LogP) is 1.84. The van der Waals surface area contributed by atoms with Gasteiger partial charge >= 0.3 is 0 Å². The van der Waals surface area contributed by atoms with Gasteiger partial charge in [-0.3, -0.25) is 9.48 Å². The van der Waals surface area contributed by atoms with Gasteiger partial charge in [-0.2, -0.15) is 5.10 Å². The molecule has 0 bridgehead atoms. The third-order valence-electron chi connectivity index (χ3n) is 2.97. The third kappa shape index (κ3) is 2.49. The molecule has 0 unspecified atom stereocenters. The summed E-state index contributed by atoms with van der Waals surface area (Å²) in [5, 5.41) is 8.97. The quantitative estimate of drug-likeness (QED) is 0.746.